The van der Waals surface area contributed by atoms with Crippen LogP contribution in [0.3, 0.4) is 0 Å². The number of ether oxygens (including phenoxy) is 5. The molecule has 7 N–H and O–H groups in total. The van der Waals surface area contributed by atoms with E-state index in [0.29, 0.717) is 101 Å². The van der Waals surface area contributed by atoms with Gasteiger partial charge in [0.1, 0.15) is 11.9 Å². The van der Waals surface area contributed by atoms with Gasteiger partial charge in [0.2, 0.25) is 17.7 Å². The van der Waals surface area contributed by atoms with Crippen molar-refractivity contribution in [1.29, 1.82) is 5.41 Å². The zero-order chi connectivity index (χ0) is 56.3. The van der Waals surface area contributed by atoms with E-state index in [-0.39, 0.29) is 61.0 Å². The molecule has 23 heteroatoms. The summed E-state index contributed by atoms with van der Waals surface area (Å²) in [6.45, 7) is 16.1. The Balaban J connectivity index is 0.683. The van der Waals surface area contributed by atoms with Crippen molar-refractivity contribution in [2.75, 3.05) is 127 Å². The van der Waals surface area contributed by atoms with Crippen LogP contribution in [0.25, 0.3) is 11.1 Å². The molecule has 0 aliphatic carbocycles. The Morgan fingerprint density at radius 2 is 1.47 bits per heavy atom. The number of hydrogen-bond donors (Lipinski definition) is 7. The number of carbonyl (C=O) groups is 6. The molecule has 2 aromatic carbocycles. The van der Waals surface area contributed by atoms with Crippen molar-refractivity contribution >= 4 is 58.9 Å². The molecule has 5 heterocycles. The predicted molar refractivity (Wildman–Crippen MR) is 296 cm³/mol. The highest BCUT2D eigenvalue weighted by atomic mass is 16.6. The average molecular weight is 1090 g/mol. The number of pyridine rings is 2. The fraction of sp³-hybridized carbons (Fsp3) is 0.482. The van der Waals surface area contributed by atoms with E-state index in [1.807, 2.05) is 52.0 Å². The monoisotopic (exact) mass is 1090 g/mol. The summed E-state index contributed by atoms with van der Waals surface area (Å²) in [5.74, 6) is -1.84. The van der Waals surface area contributed by atoms with Crippen molar-refractivity contribution in [3.05, 3.63) is 104 Å². The number of benzene rings is 2. The van der Waals surface area contributed by atoms with Crippen LogP contribution < -0.4 is 37.0 Å². The van der Waals surface area contributed by atoms with E-state index in [0.717, 1.165) is 65.8 Å². The molecule has 23 nitrogen and oxygen atoms in total. The van der Waals surface area contributed by atoms with Gasteiger partial charge in [-0.25, -0.2) is 4.98 Å². The Labute approximate surface area is 459 Å². The molecule has 1 unspecified atom stereocenters. The number of rotatable bonds is 31. The van der Waals surface area contributed by atoms with E-state index >= 15 is 0 Å². The van der Waals surface area contributed by atoms with Crippen molar-refractivity contribution in [2.45, 2.75) is 65.6 Å². The molecule has 2 aromatic heterocycles. The van der Waals surface area contributed by atoms with Crippen LogP contribution in [0.1, 0.15) is 86.6 Å². The average Bonchev–Trinajstić information content (AvgIpc) is 3.78. The number of piperazine rings is 1. The Morgan fingerprint density at radius 1 is 0.785 bits per heavy atom. The summed E-state index contributed by atoms with van der Waals surface area (Å²) in [4.78, 5) is 102. The lowest BCUT2D eigenvalue weighted by molar-refractivity contribution is -0.136. The van der Waals surface area contributed by atoms with Gasteiger partial charge >= 0.3 is 0 Å². The summed E-state index contributed by atoms with van der Waals surface area (Å²) in [6.07, 6.45) is 3.36. The minimum Gasteiger partial charge on any atom is -0.382 e. The molecular formula is C56H73N11O12. The molecule has 0 saturated carbocycles. The van der Waals surface area contributed by atoms with Gasteiger partial charge in [0.15, 0.2) is 0 Å². The van der Waals surface area contributed by atoms with E-state index in [9.17, 15) is 33.6 Å². The number of hydrogen-bond acceptors (Lipinski definition) is 18. The van der Waals surface area contributed by atoms with Crippen LogP contribution in [-0.4, -0.2) is 185 Å². The highest BCUT2D eigenvalue weighted by molar-refractivity contribution is 6.25. The van der Waals surface area contributed by atoms with Gasteiger partial charge in [-0.3, -0.25) is 48.7 Å². The van der Waals surface area contributed by atoms with Crippen LogP contribution in [0.4, 0.5) is 17.2 Å². The van der Waals surface area contributed by atoms with Crippen LogP contribution in [-0.2, 0) is 44.6 Å². The molecule has 2 saturated heterocycles. The molecule has 0 spiro atoms. The van der Waals surface area contributed by atoms with Crippen LogP contribution in [0.2, 0.25) is 0 Å². The van der Waals surface area contributed by atoms with Gasteiger partial charge in [0.25, 0.3) is 23.3 Å². The number of anilines is 3. The predicted octanol–water partition coefficient (Wildman–Crippen LogP) is 3.03. The fourth-order valence-electron chi connectivity index (χ4n) is 9.41. The summed E-state index contributed by atoms with van der Waals surface area (Å²) in [7, 11) is 0. The lowest BCUT2D eigenvalue weighted by atomic mass is 9.97. The van der Waals surface area contributed by atoms with Gasteiger partial charge in [-0.15, -0.1) is 0 Å². The topological polar surface area (TPSA) is 288 Å². The second-order valence-corrected chi connectivity index (χ2v) is 19.6. The molecule has 424 valence electrons. The minimum absolute atomic E-state index is 0.0424. The van der Waals surface area contributed by atoms with Gasteiger partial charge in [-0.05, 0) is 87.7 Å². The smallest absolute Gasteiger partial charge is 0.264 e. The van der Waals surface area contributed by atoms with Crippen LogP contribution in [0.15, 0.2) is 59.5 Å². The summed E-state index contributed by atoms with van der Waals surface area (Å²) < 4.78 is 27.9. The quantitative estimate of drug-likeness (QED) is 0.0217. The van der Waals surface area contributed by atoms with Crippen molar-refractivity contribution < 1.29 is 52.5 Å². The van der Waals surface area contributed by atoms with Gasteiger partial charge in [-0.1, -0.05) is 6.07 Å². The lowest BCUT2D eigenvalue weighted by Crippen LogP contribution is -2.54. The van der Waals surface area contributed by atoms with Crippen LogP contribution in [0, 0.1) is 19.3 Å². The summed E-state index contributed by atoms with van der Waals surface area (Å²) in [6, 6.07) is 13.4. The number of nitrogens with zero attached hydrogens (tertiary/aromatic N) is 4. The first-order chi connectivity index (χ1) is 38.2. The van der Waals surface area contributed by atoms with Crippen molar-refractivity contribution in [2.24, 2.45) is 0 Å². The van der Waals surface area contributed by atoms with E-state index in [1.54, 1.807) is 30.5 Å². The largest absolute Gasteiger partial charge is 0.382 e. The Morgan fingerprint density at radius 3 is 2.10 bits per heavy atom. The van der Waals surface area contributed by atoms with E-state index in [1.165, 1.54) is 6.21 Å². The summed E-state index contributed by atoms with van der Waals surface area (Å²) in [5, 5.41) is 22.8. The summed E-state index contributed by atoms with van der Waals surface area (Å²) >= 11 is 0. The first-order valence-electron chi connectivity index (χ1n) is 26.8. The number of fused-ring (bicyclic) bond motifs is 1. The molecule has 6 amide bonds. The van der Waals surface area contributed by atoms with E-state index < -0.39 is 35.6 Å². The maximum Gasteiger partial charge on any atom is 0.264 e. The number of imide groups is 2. The third-order valence-corrected chi connectivity index (χ3v) is 13.5. The van der Waals surface area contributed by atoms with Gasteiger partial charge in [0.05, 0.1) is 82.8 Å². The number of piperidine rings is 1. The Bertz CT molecular complexity index is 2850. The van der Waals surface area contributed by atoms with E-state index in [2.05, 4.69) is 41.4 Å². The molecule has 79 heavy (non-hydrogen) atoms. The van der Waals surface area contributed by atoms with Gasteiger partial charge < -0.3 is 60.2 Å². The molecule has 1 atom stereocenters. The third kappa shape index (κ3) is 16.6. The number of amides is 6. The van der Waals surface area contributed by atoms with Gasteiger partial charge in [0, 0.05) is 117 Å². The number of aromatic nitrogens is 2. The highest BCUT2D eigenvalue weighted by Gasteiger charge is 2.45. The Kier molecular flexibility index (Phi) is 22.2. The standard InChI is InChI=1S/C56H73N11O12/c1-36(2)62-46-32-40(31-42(43(46)33-57)52(70)61-35-44-37(3)30-38(4)63-53(44)71)39-8-10-48(60-34-39)66-18-16-65(17-19-66)15-13-59-49(68)12-20-75-22-24-77-26-28-79-29-27-78-25-23-76-21-14-58-45-7-5-6-41-51(45)56(74)67(55(41)73)47-9-11-50(69)64-54(47)72/h5-8,10,30-34,36,47,57-58,62H,9,11-29,35H2,1-4H3,(H,59,68)(H,61,70)(H,63,71)(H,64,69,72). The molecule has 7 rings (SSSR count). The third-order valence-electron chi connectivity index (χ3n) is 13.5. The summed E-state index contributed by atoms with van der Waals surface area (Å²) in [5.41, 5.74) is 5.63. The molecule has 0 bridgehead atoms. The molecule has 0 radical (unpaired) electrons. The Hall–Kier alpha value is -7.41. The number of aromatic amines is 1. The number of nitrogens with one attached hydrogen (secondary N) is 7. The molecule has 2 fully saturated rings. The van der Waals surface area contributed by atoms with Crippen molar-refractivity contribution in [3.8, 4) is 11.1 Å². The maximum atomic E-state index is 13.7. The maximum absolute atomic E-state index is 13.7. The van der Waals surface area contributed by atoms with Gasteiger partial charge in [-0.2, -0.15) is 0 Å². The highest BCUT2D eigenvalue weighted by Crippen LogP contribution is 2.33. The second kappa shape index (κ2) is 29.5. The molecular weight excluding hydrogens is 1020 g/mol. The first kappa shape index (κ1) is 59.3. The first-order valence-corrected chi connectivity index (χ1v) is 26.8. The number of H-pyrrole nitrogens is 1. The van der Waals surface area contributed by atoms with Crippen molar-refractivity contribution in [1.82, 2.24) is 35.7 Å². The molecule has 3 aliphatic rings. The number of aryl methyl sites for hydroxylation is 2. The van der Waals surface area contributed by atoms with Crippen molar-refractivity contribution in [3.63, 3.8) is 0 Å². The normalized spacial score (nSPS) is 15.6. The van der Waals surface area contributed by atoms with E-state index in [4.69, 9.17) is 34.1 Å². The van der Waals surface area contributed by atoms with Crippen LogP contribution in [0.5, 0.6) is 0 Å². The lowest BCUT2D eigenvalue weighted by Gasteiger charge is -2.35. The zero-order valence-corrected chi connectivity index (χ0v) is 45.5. The minimum atomic E-state index is -1.03. The van der Waals surface area contributed by atoms with Crippen LogP contribution >= 0.6 is 0 Å². The SMILES string of the molecule is Cc1cc(C)c(CNC(=O)c2cc(-c3ccc(N4CCN(CCNC(=O)CCOCCOCCOCCOCCOCCNc5cccc6c5C(=O)N(C5CCC(=O)NC5=O)C6=O)CC4)nc3)cc(NC(C)C)c2C=N)c(=O)[nH]1. The number of carbonyl (C=O) groups excluding carboxylic acids is 6. The second-order valence-electron chi connectivity index (χ2n) is 19.6. The molecule has 3 aliphatic heterocycles. The fourth-order valence-corrected chi connectivity index (χ4v) is 9.41. The molecule has 4 aromatic rings. The zero-order valence-electron chi connectivity index (χ0n) is 45.5.